The summed E-state index contributed by atoms with van der Waals surface area (Å²) in [6, 6.07) is 15.7. The molecule has 3 nitrogen and oxygen atoms in total. The molecule has 0 aliphatic carbocycles. The second-order valence-electron chi connectivity index (χ2n) is 4.79. The Morgan fingerprint density at radius 1 is 1.00 bits per heavy atom. The molecule has 0 aromatic heterocycles. The number of ether oxygens (including phenoxy) is 1. The van der Waals surface area contributed by atoms with Gasteiger partial charge < -0.3 is 10.1 Å². The fourth-order valence-electron chi connectivity index (χ4n) is 1.90. The predicted molar refractivity (Wildman–Crippen MR) is 87.0 cm³/mol. The standard InChI is InChI=1S/C17H19NO2.ClH/c1-13-3-5-15(6-4-13)12-18-17(19)11-14-7-9-16(20-2)10-8-14;/h3-10H,11-12H2,1-2H3,(H,18,19);1H. The molecule has 2 rings (SSSR count). The Morgan fingerprint density at radius 2 is 1.57 bits per heavy atom. The zero-order chi connectivity index (χ0) is 14.4. The lowest BCUT2D eigenvalue weighted by molar-refractivity contribution is -0.120. The highest BCUT2D eigenvalue weighted by atomic mass is 35.5. The van der Waals surface area contributed by atoms with Crippen LogP contribution in [0.25, 0.3) is 0 Å². The summed E-state index contributed by atoms with van der Waals surface area (Å²) in [5.74, 6) is 0.824. The van der Waals surface area contributed by atoms with Gasteiger partial charge in [-0.15, -0.1) is 12.4 Å². The van der Waals surface area contributed by atoms with Crippen molar-refractivity contribution >= 4 is 18.3 Å². The first-order valence-corrected chi connectivity index (χ1v) is 6.62. The maximum atomic E-state index is 11.9. The molecule has 112 valence electrons. The molecule has 4 heteroatoms. The molecule has 0 radical (unpaired) electrons. The zero-order valence-electron chi connectivity index (χ0n) is 12.3. The lowest BCUT2D eigenvalue weighted by Crippen LogP contribution is -2.24. The Kier molecular flexibility index (Phi) is 6.76. The second kappa shape index (κ2) is 8.32. The summed E-state index contributed by atoms with van der Waals surface area (Å²) in [5.41, 5.74) is 3.31. The van der Waals surface area contributed by atoms with Crippen molar-refractivity contribution in [3.63, 3.8) is 0 Å². The zero-order valence-corrected chi connectivity index (χ0v) is 13.1. The smallest absolute Gasteiger partial charge is 0.224 e. The van der Waals surface area contributed by atoms with Crippen LogP contribution in [-0.4, -0.2) is 13.0 Å². The molecule has 0 aliphatic rings. The number of hydrogen-bond donors (Lipinski definition) is 1. The molecule has 1 N–H and O–H groups in total. The number of methoxy groups -OCH3 is 1. The maximum absolute atomic E-state index is 11.9. The first-order chi connectivity index (χ1) is 9.67. The predicted octanol–water partition coefficient (Wildman–Crippen LogP) is 3.28. The summed E-state index contributed by atoms with van der Waals surface area (Å²) in [7, 11) is 1.63. The van der Waals surface area contributed by atoms with Gasteiger partial charge in [-0.3, -0.25) is 4.79 Å². The van der Waals surface area contributed by atoms with Crippen molar-refractivity contribution in [1.29, 1.82) is 0 Å². The van der Waals surface area contributed by atoms with E-state index in [0.29, 0.717) is 13.0 Å². The normalized spacial score (nSPS) is 9.62. The number of carbonyl (C=O) groups excluding carboxylic acids is 1. The first-order valence-electron chi connectivity index (χ1n) is 6.62. The van der Waals surface area contributed by atoms with Gasteiger partial charge in [0, 0.05) is 6.54 Å². The molecule has 0 unspecified atom stereocenters. The molecule has 2 aromatic rings. The molecular formula is C17H20ClNO2. The molecular weight excluding hydrogens is 286 g/mol. The van der Waals surface area contributed by atoms with Crippen molar-refractivity contribution in [3.8, 4) is 5.75 Å². The number of amides is 1. The van der Waals surface area contributed by atoms with E-state index in [-0.39, 0.29) is 18.3 Å². The number of carbonyl (C=O) groups is 1. The van der Waals surface area contributed by atoms with Crippen LogP contribution in [0.5, 0.6) is 5.75 Å². The monoisotopic (exact) mass is 305 g/mol. The van der Waals surface area contributed by atoms with Crippen LogP contribution in [0.4, 0.5) is 0 Å². The summed E-state index contributed by atoms with van der Waals surface area (Å²) in [6.45, 7) is 2.61. The van der Waals surface area contributed by atoms with E-state index in [0.717, 1.165) is 16.9 Å². The molecule has 0 fully saturated rings. The summed E-state index contributed by atoms with van der Waals surface area (Å²) in [4.78, 5) is 11.9. The highest BCUT2D eigenvalue weighted by molar-refractivity contribution is 5.85. The van der Waals surface area contributed by atoms with E-state index in [2.05, 4.69) is 5.32 Å². The van der Waals surface area contributed by atoms with Crippen molar-refractivity contribution in [2.45, 2.75) is 19.9 Å². The molecule has 1 amide bonds. The van der Waals surface area contributed by atoms with Crippen molar-refractivity contribution in [2.75, 3.05) is 7.11 Å². The quantitative estimate of drug-likeness (QED) is 0.920. The molecule has 0 bridgehead atoms. The number of hydrogen-bond acceptors (Lipinski definition) is 2. The minimum atomic E-state index is 0. The van der Waals surface area contributed by atoms with Gasteiger partial charge in [0.2, 0.25) is 5.91 Å². The van der Waals surface area contributed by atoms with Crippen molar-refractivity contribution in [3.05, 3.63) is 65.2 Å². The van der Waals surface area contributed by atoms with Gasteiger partial charge in [-0.25, -0.2) is 0 Å². The van der Waals surface area contributed by atoms with Gasteiger partial charge in [-0.2, -0.15) is 0 Å². The highest BCUT2D eigenvalue weighted by Crippen LogP contribution is 2.11. The average molecular weight is 306 g/mol. The van der Waals surface area contributed by atoms with Gasteiger partial charge >= 0.3 is 0 Å². The first kappa shape index (κ1) is 17.1. The largest absolute Gasteiger partial charge is 0.497 e. The molecule has 21 heavy (non-hydrogen) atoms. The number of rotatable bonds is 5. The molecule has 0 saturated heterocycles. The van der Waals surface area contributed by atoms with Crippen LogP contribution in [0, 0.1) is 6.92 Å². The minimum Gasteiger partial charge on any atom is -0.497 e. The van der Waals surface area contributed by atoms with Crippen LogP contribution in [-0.2, 0) is 17.8 Å². The molecule has 0 saturated carbocycles. The Balaban J connectivity index is 0.00000220. The van der Waals surface area contributed by atoms with Crippen molar-refractivity contribution in [1.82, 2.24) is 5.32 Å². The number of nitrogens with one attached hydrogen (secondary N) is 1. The van der Waals surface area contributed by atoms with Gasteiger partial charge in [-0.05, 0) is 30.2 Å². The topological polar surface area (TPSA) is 38.3 Å². The van der Waals surface area contributed by atoms with Gasteiger partial charge in [0.15, 0.2) is 0 Å². The van der Waals surface area contributed by atoms with Crippen LogP contribution in [0.1, 0.15) is 16.7 Å². The van der Waals surface area contributed by atoms with E-state index in [9.17, 15) is 4.79 Å². The van der Waals surface area contributed by atoms with E-state index >= 15 is 0 Å². The molecule has 0 heterocycles. The molecule has 0 aliphatic heterocycles. The Hall–Kier alpha value is -2.00. The van der Waals surface area contributed by atoms with Crippen molar-refractivity contribution < 1.29 is 9.53 Å². The van der Waals surface area contributed by atoms with Gasteiger partial charge in [0.05, 0.1) is 13.5 Å². The third-order valence-electron chi connectivity index (χ3n) is 3.13. The maximum Gasteiger partial charge on any atom is 0.224 e. The SMILES string of the molecule is COc1ccc(CC(=O)NCc2ccc(C)cc2)cc1.Cl. The lowest BCUT2D eigenvalue weighted by Gasteiger charge is -2.06. The van der Waals surface area contributed by atoms with Crippen LogP contribution >= 0.6 is 12.4 Å². The van der Waals surface area contributed by atoms with Crippen LogP contribution in [0.15, 0.2) is 48.5 Å². The fraction of sp³-hybridized carbons (Fsp3) is 0.235. The van der Waals surface area contributed by atoms with E-state index in [1.165, 1.54) is 5.56 Å². The van der Waals surface area contributed by atoms with Gasteiger partial charge in [0.25, 0.3) is 0 Å². The highest BCUT2D eigenvalue weighted by Gasteiger charge is 2.03. The van der Waals surface area contributed by atoms with E-state index < -0.39 is 0 Å². The Bertz CT molecular complexity index is 564. The summed E-state index contributed by atoms with van der Waals surface area (Å²) >= 11 is 0. The third-order valence-corrected chi connectivity index (χ3v) is 3.13. The van der Waals surface area contributed by atoms with E-state index in [1.54, 1.807) is 7.11 Å². The number of benzene rings is 2. The second-order valence-corrected chi connectivity index (χ2v) is 4.79. The summed E-state index contributed by atoms with van der Waals surface area (Å²) < 4.78 is 5.09. The van der Waals surface area contributed by atoms with E-state index in [4.69, 9.17) is 4.74 Å². The van der Waals surface area contributed by atoms with Crippen LogP contribution in [0.2, 0.25) is 0 Å². The molecule has 0 atom stereocenters. The van der Waals surface area contributed by atoms with Gasteiger partial charge in [0.1, 0.15) is 5.75 Å². The third kappa shape index (κ3) is 5.48. The Labute approximate surface area is 131 Å². The van der Waals surface area contributed by atoms with Crippen LogP contribution < -0.4 is 10.1 Å². The van der Waals surface area contributed by atoms with Crippen LogP contribution in [0.3, 0.4) is 0 Å². The van der Waals surface area contributed by atoms with Crippen molar-refractivity contribution in [2.24, 2.45) is 0 Å². The number of halogens is 1. The van der Waals surface area contributed by atoms with Gasteiger partial charge in [-0.1, -0.05) is 42.0 Å². The lowest BCUT2D eigenvalue weighted by atomic mass is 10.1. The molecule has 0 spiro atoms. The number of aryl methyl sites for hydroxylation is 1. The average Bonchev–Trinajstić information content (AvgIpc) is 2.47. The summed E-state index contributed by atoms with van der Waals surface area (Å²) in [6.07, 6.45) is 0.385. The summed E-state index contributed by atoms with van der Waals surface area (Å²) in [5, 5.41) is 2.93. The molecule has 2 aromatic carbocycles. The minimum absolute atomic E-state index is 0. The van der Waals surface area contributed by atoms with E-state index in [1.807, 2.05) is 55.5 Å². The Morgan fingerprint density at radius 3 is 2.14 bits per heavy atom. The fourth-order valence-corrected chi connectivity index (χ4v) is 1.90.